The summed E-state index contributed by atoms with van der Waals surface area (Å²) in [4.78, 5) is 83.9. The van der Waals surface area contributed by atoms with E-state index in [2.05, 4.69) is 47.0 Å². The first-order valence-electron chi connectivity index (χ1n) is 28.7. The molecule has 8 aromatic rings. The molecule has 9 rings (SSSR count). The number of carboxylic acids is 1. The zero-order valence-corrected chi connectivity index (χ0v) is 47.8. The number of halogens is 1. The number of amides is 2. The quantitative estimate of drug-likeness (QED) is 0.0265. The number of ether oxygens (including phenoxy) is 3. The number of piperazine rings is 1. The highest BCUT2D eigenvalue weighted by Gasteiger charge is 2.36. The van der Waals surface area contributed by atoms with Crippen LogP contribution in [0.3, 0.4) is 0 Å². The number of Topliss-reactive ketones (excluding diaryl/α,β-unsaturated/α-hetero) is 1. The van der Waals surface area contributed by atoms with Crippen LogP contribution in [0.5, 0.6) is 5.75 Å². The number of aromatic nitrogens is 1. The number of nitrogens with one attached hydrogen (secondary N) is 2. The van der Waals surface area contributed by atoms with Gasteiger partial charge >= 0.3 is 18.0 Å². The van der Waals surface area contributed by atoms with Crippen LogP contribution in [0.1, 0.15) is 81.9 Å². The molecule has 0 saturated carbocycles. The molecule has 0 bridgehead atoms. The van der Waals surface area contributed by atoms with Crippen LogP contribution < -0.4 is 25.7 Å². The van der Waals surface area contributed by atoms with Crippen molar-refractivity contribution in [2.45, 2.75) is 76.8 Å². The predicted molar refractivity (Wildman–Crippen MR) is 324 cm³/mol. The molecule has 85 heavy (non-hydrogen) atoms. The van der Waals surface area contributed by atoms with E-state index in [-0.39, 0.29) is 75.5 Å². The van der Waals surface area contributed by atoms with Crippen LogP contribution in [0.2, 0.25) is 0 Å². The molecule has 2 heterocycles. The molecule has 0 radical (unpaired) electrons. The average molecular weight is 1150 g/mol. The van der Waals surface area contributed by atoms with E-state index in [1.54, 1.807) is 53.8 Å². The van der Waals surface area contributed by atoms with Crippen LogP contribution in [-0.4, -0.2) is 90.2 Å². The van der Waals surface area contributed by atoms with Crippen molar-refractivity contribution in [3.05, 3.63) is 249 Å². The summed E-state index contributed by atoms with van der Waals surface area (Å²) in [5, 5.41) is 16.5. The van der Waals surface area contributed by atoms with E-state index >= 15 is 4.39 Å². The summed E-state index contributed by atoms with van der Waals surface area (Å²) in [6.07, 6.45) is 2.31. The number of unbranched alkanes of at least 4 members (excludes halogenated alkanes) is 1. The van der Waals surface area contributed by atoms with E-state index in [1.807, 2.05) is 109 Å². The highest BCUT2D eigenvalue weighted by Crippen LogP contribution is 2.38. The number of anilines is 1. The molecule has 1 fully saturated rings. The van der Waals surface area contributed by atoms with Crippen LogP contribution in [-0.2, 0) is 62.0 Å². The fraction of sp³-hybridized carbons (Fsp3) is 0.275. The van der Waals surface area contributed by atoms with Gasteiger partial charge in [0.1, 0.15) is 30.3 Å². The van der Waals surface area contributed by atoms with Gasteiger partial charge in [0.2, 0.25) is 11.3 Å². The number of nitrogens with zero attached hydrogens (tertiary/aromatic N) is 3. The lowest BCUT2D eigenvalue weighted by Crippen LogP contribution is -2.49. The molecule has 0 unspecified atom stereocenters. The molecule has 0 aliphatic carbocycles. The third-order valence-electron chi connectivity index (χ3n) is 15.7. The smallest absolute Gasteiger partial charge is 0.410 e. The summed E-state index contributed by atoms with van der Waals surface area (Å²) in [5.74, 6) is -3.31. The molecule has 2 amide bonds. The summed E-state index contributed by atoms with van der Waals surface area (Å²) >= 11 is 0. The number of pyridine rings is 1. The van der Waals surface area contributed by atoms with Gasteiger partial charge < -0.3 is 39.0 Å². The van der Waals surface area contributed by atoms with E-state index in [1.165, 1.54) is 11.1 Å². The van der Waals surface area contributed by atoms with Crippen molar-refractivity contribution in [1.29, 1.82) is 0 Å². The number of methoxy groups -OCH3 is 1. The summed E-state index contributed by atoms with van der Waals surface area (Å²) < 4.78 is 34.1. The second-order valence-electron chi connectivity index (χ2n) is 21.2. The molecule has 15 nitrogen and oxygen atoms in total. The Labute approximate surface area is 494 Å². The van der Waals surface area contributed by atoms with Crippen molar-refractivity contribution >= 4 is 46.3 Å². The molecule has 1 aliphatic rings. The Morgan fingerprint density at radius 3 is 1.84 bits per heavy atom. The lowest BCUT2D eigenvalue weighted by atomic mass is 9.77. The third-order valence-corrected chi connectivity index (χ3v) is 15.7. The summed E-state index contributed by atoms with van der Waals surface area (Å²) in [7, 11) is 1.64. The first kappa shape index (κ1) is 60.2. The first-order valence-corrected chi connectivity index (χ1v) is 28.7. The largest absolute Gasteiger partial charge is 0.497 e. The SMILES string of the molecule is CCn1cc(C(=O)O)c(=O)c2cc(F)c(N3CCN(C(=O)OCc4ccc(CC(=O)[C@H](CCCCNC(c5ccccc5)(c5ccccc5)c5ccc(OC)cc5)NC(=O)[C@@H](CC(=O)OCc5ccccc5)Cc5ccccc5)cc4)CC3)cc21. The lowest BCUT2D eigenvalue weighted by molar-refractivity contribution is -0.148. The maximum Gasteiger partial charge on any atom is 0.410 e. The van der Waals surface area contributed by atoms with E-state index in [0.29, 0.717) is 49.0 Å². The predicted octanol–water partition coefficient (Wildman–Crippen LogP) is 10.7. The number of fused-ring (bicyclic) bond motifs is 1. The Morgan fingerprint density at radius 1 is 0.671 bits per heavy atom. The molecule has 3 N–H and O–H groups in total. The van der Waals surface area contributed by atoms with Crippen LogP contribution >= 0.6 is 0 Å². The normalized spacial score (nSPS) is 13.2. The van der Waals surface area contributed by atoms with Crippen LogP contribution in [0, 0.1) is 11.7 Å². The molecule has 1 saturated heterocycles. The average Bonchev–Trinajstić information content (AvgIpc) is 3.73. The van der Waals surface area contributed by atoms with Crippen molar-refractivity contribution < 1.29 is 47.7 Å². The van der Waals surface area contributed by atoms with Gasteiger partial charge in [-0.25, -0.2) is 14.0 Å². The van der Waals surface area contributed by atoms with E-state index < -0.39 is 58.2 Å². The highest BCUT2D eigenvalue weighted by atomic mass is 19.1. The number of hydrogen-bond donors (Lipinski definition) is 3. The molecule has 7 aromatic carbocycles. The second-order valence-corrected chi connectivity index (χ2v) is 21.2. The number of aryl methyl sites for hydroxylation is 1. The van der Waals surface area contributed by atoms with Crippen LogP contribution in [0.25, 0.3) is 10.9 Å². The van der Waals surface area contributed by atoms with Crippen molar-refractivity contribution in [3.63, 3.8) is 0 Å². The van der Waals surface area contributed by atoms with Gasteiger partial charge in [0.05, 0.1) is 42.2 Å². The fourth-order valence-electron chi connectivity index (χ4n) is 11.0. The van der Waals surface area contributed by atoms with Gasteiger partial charge in [0.25, 0.3) is 0 Å². The maximum absolute atomic E-state index is 15.6. The van der Waals surface area contributed by atoms with Gasteiger partial charge in [-0.15, -0.1) is 0 Å². The number of aromatic carboxylic acids is 1. The van der Waals surface area contributed by atoms with E-state index in [0.717, 1.165) is 39.6 Å². The Hall–Kier alpha value is -9.41. The van der Waals surface area contributed by atoms with Crippen LogP contribution in [0.4, 0.5) is 14.9 Å². The van der Waals surface area contributed by atoms with Gasteiger partial charge in [-0.05, 0) is 102 Å². The minimum absolute atomic E-state index is 0.00369. The number of hydrogen-bond acceptors (Lipinski definition) is 11. The number of rotatable bonds is 26. The Balaban J connectivity index is 0.864. The molecule has 16 heteroatoms. The van der Waals surface area contributed by atoms with Gasteiger partial charge in [0.15, 0.2) is 5.78 Å². The van der Waals surface area contributed by atoms with Crippen LogP contribution in [0.15, 0.2) is 193 Å². The number of ketones is 1. The zero-order chi connectivity index (χ0) is 59.7. The number of carbonyl (C=O) groups excluding carboxylic acids is 4. The van der Waals surface area contributed by atoms with Gasteiger partial charge in [-0.3, -0.25) is 24.5 Å². The number of esters is 1. The third kappa shape index (κ3) is 15.1. The van der Waals surface area contributed by atoms with Crippen molar-refractivity contribution in [2.24, 2.45) is 5.92 Å². The second kappa shape index (κ2) is 28.7. The lowest BCUT2D eigenvalue weighted by Gasteiger charge is -2.37. The number of carbonyl (C=O) groups is 5. The zero-order valence-electron chi connectivity index (χ0n) is 47.8. The minimum atomic E-state index is -1.38. The Kier molecular flexibility index (Phi) is 20.3. The maximum atomic E-state index is 15.6. The molecular weight excluding hydrogens is 1080 g/mol. The molecule has 0 spiro atoms. The van der Waals surface area contributed by atoms with Crippen molar-refractivity contribution in [3.8, 4) is 5.75 Å². The monoisotopic (exact) mass is 1150 g/mol. The highest BCUT2D eigenvalue weighted by molar-refractivity contribution is 5.94. The fourth-order valence-corrected chi connectivity index (χ4v) is 11.0. The van der Waals surface area contributed by atoms with Gasteiger partial charge in [-0.2, -0.15) is 0 Å². The van der Waals surface area contributed by atoms with Crippen molar-refractivity contribution in [2.75, 3.05) is 44.7 Å². The Morgan fingerprint density at radius 2 is 1.24 bits per heavy atom. The standard InChI is InChI=1S/C69H70FN5O10/c1-3-73-45-58(67(80)81)65(78)57-43-59(70)62(44-61(57)73)74-36-38-75(39-37-74)68(82)85-47-51-29-27-49(28-30-51)41-63(76)60(72-66(79)52(40-48-18-8-4-9-19-48)42-64(77)84-46-50-20-10-5-11-21-50)26-16-17-35-71-69(53-22-12-6-13-23-53,54-24-14-7-15-25-54)55-31-33-56(83-2)34-32-55/h4-15,18-25,27-34,43-45,52,60,71H,3,16-17,26,35-42,46-47H2,1-2H3,(H,72,79)(H,80,81)/t52-,60+/m1/s1. The van der Waals surface area contributed by atoms with Crippen molar-refractivity contribution in [1.82, 2.24) is 20.1 Å². The summed E-state index contributed by atoms with van der Waals surface area (Å²) in [6.45, 7) is 3.76. The van der Waals surface area contributed by atoms with E-state index in [4.69, 9.17) is 14.2 Å². The number of benzene rings is 7. The topological polar surface area (TPSA) is 186 Å². The molecular formula is C69H70FN5O10. The molecule has 438 valence electrons. The van der Waals surface area contributed by atoms with E-state index in [9.17, 15) is 33.9 Å². The number of carboxylic acid groups (broad SMARTS) is 1. The summed E-state index contributed by atoms with van der Waals surface area (Å²) in [5.41, 5.74) is 4.88. The molecule has 1 aliphatic heterocycles. The first-order chi connectivity index (χ1) is 41.3. The molecule has 1 aromatic heterocycles. The summed E-state index contributed by atoms with van der Waals surface area (Å²) in [6, 6.07) is 56.3. The Bertz CT molecular complexity index is 3580. The van der Waals surface area contributed by atoms with Gasteiger partial charge in [0, 0.05) is 50.7 Å². The molecule has 2 atom stereocenters. The van der Waals surface area contributed by atoms with Gasteiger partial charge in [-0.1, -0.05) is 158 Å². The minimum Gasteiger partial charge on any atom is -0.497 e.